The maximum Gasteiger partial charge on any atom is 0.356 e. The van der Waals surface area contributed by atoms with Crippen LogP contribution in [0.3, 0.4) is 0 Å². The van der Waals surface area contributed by atoms with E-state index in [1.54, 1.807) is 4.57 Å². The number of carboxylic acid groups (broad SMARTS) is 1. The van der Waals surface area contributed by atoms with E-state index < -0.39 is 11.8 Å². The van der Waals surface area contributed by atoms with Crippen LogP contribution >= 0.6 is 0 Å². The molecule has 3 rings (SSSR count). The monoisotopic (exact) mass is 248 g/mol. The Morgan fingerprint density at radius 2 is 2.33 bits per heavy atom. The lowest BCUT2D eigenvalue weighted by Gasteiger charge is -2.05. The highest BCUT2D eigenvalue weighted by Crippen LogP contribution is 2.32. The molecule has 0 amide bonds. The third-order valence-electron chi connectivity index (χ3n) is 2.77. The molecule has 0 saturated heterocycles. The van der Waals surface area contributed by atoms with Gasteiger partial charge in [-0.1, -0.05) is 0 Å². The molecule has 1 aromatic heterocycles. The molecule has 6 heteroatoms. The highest BCUT2D eigenvalue weighted by atomic mass is 19.1. The predicted molar refractivity (Wildman–Crippen MR) is 60.1 cm³/mol. The zero-order valence-electron chi connectivity index (χ0n) is 9.26. The van der Waals surface area contributed by atoms with Crippen molar-refractivity contribution in [3.05, 3.63) is 35.9 Å². The Balaban J connectivity index is 2.22. The van der Waals surface area contributed by atoms with Crippen molar-refractivity contribution in [1.29, 1.82) is 0 Å². The number of fused-ring (bicyclic) bond motifs is 3. The van der Waals surface area contributed by atoms with E-state index in [0.29, 0.717) is 30.3 Å². The summed E-state index contributed by atoms with van der Waals surface area (Å²) < 4.78 is 20.4. The van der Waals surface area contributed by atoms with Gasteiger partial charge in [-0.3, -0.25) is 0 Å². The van der Waals surface area contributed by atoms with Crippen LogP contribution in [0.5, 0.6) is 5.75 Å². The number of aromatic carboxylic acids is 1. The van der Waals surface area contributed by atoms with Crippen LogP contribution in [0, 0.1) is 5.82 Å². The molecule has 2 aromatic rings. The minimum atomic E-state index is -1.10. The molecule has 5 nitrogen and oxygen atoms in total. The van der Waals surface area contributed by atoms with E-state index in [2.05, 4.69) is 4.98 Å². The molecule has 1 N–H and O–H groups in total. The first-order chi connectivity index (χ1) is 8.65. The summed E-state index contributed by atoms with van der Waals surface area (Å²) >= 11 is 0. The van der Waals surface area contributed by atoms with Crippen molar-refractivity contribution in [2.75, 3.05) is 6.61 Å². The SMILES string of the molecule is O=C(O)c1cn2c(n1)-c1cc(F)ccc1OCC2. The molecule has 1 aromatic carbocycles. The van der Waals surface area contributed by atoms with Crippen LogP contribution in [-0.4, -0.2) is 27.2 Å². The van der Waals surface area contributed by atoms with Gasteiger partial charge >= 0.3 is 5.97 Å². The van der Waals surface area contributed by atoms with Crippen LogP contribution in [0.4, 0.5) is 4.39 Å². The second kappa shape index (κ2) is 3.83. The number of hydrogen-bond donors (Lipinski definition) is 1. The van der Waals surface area contributed by atoms with Gasteiger partial charge in [-0.15, -0.1) is 0 Å². The molecule has 1 aliphatic rings. The molecule has 2 heterocycles. The normalized spacial score (nSPS) is 13.2. The minimum absolute atomic E-state index is 0.0536. The van der Waals surface area contributed by atoms with Crippen LogP contribution in [0.25, 0.3) is 11.4 Å². The Labute approximate surface area is 101 Å². The largest absolute Gasteiger partial charge is 0.491 e. The molecular weight excluding hydrogens is 239 g/mol. The third-order valence-corrected chi connectivity index (χ3v) is 2.77. The number of ether oxygens (including phenoxy) is 1. The van der Waals surface area contributed by atoms with Gasteiger partial charge in [0.25, 0.3) is 0 Å². The smallest absolute Gasteiger partial charge is 0.356 e. The fourth-order valence-corrected chi connectivity index (χ4v) is 1.96. The van der Waals surface area contributed by atoms with Gasteiger partial charge in [-0.05, 0) is 18.2 Å². The van der Waals surface area contributed by atoms with Gasteiger partial charge < -0.3 is 14.4 Å². The molecule has 0 bridgehead atoms. The van der Waals surface area contributed by atoms with Crippen molar-refractivity contribution < 1.29 is 19.0 Å². The Morgan fingerprint density at radius 3 is 3.11 bits per heavy atom. The van der Waals surface area contributed by atoms with E-state index in [1.165, 1.54) is 24.4 Å². The Morgan fingerprint density at radius 1 is 1.50 bits per heavy atom. The Kier molecular flexibility index (Phi) is 2.29. The van der Waals surface area contributed by atoms with Gasteiger partial charge in [0.05, 0.1) is 12.1 Å². The van der Waals surface area contributed by atoms with E-state index in [0.717, 1.165) is 0 Å². The number of carboxylic acids is 1. The highest BCUT2D eigenvalue weighted by molar-refractivity contribution is 5.86. The first kappa shape index (κ1) is 10.8. The summed E-state index contributed by atoms with van der Waals surface area (Å²) in [5.74, 6) is -0.586. The number of carbonyl (C=O) groups is 1. The number of rotatable bonds is 1. The van der Waals surface area contributed by atoms with Gasteiger partial charge in [0.1, 0.15) is 24.0 Å². The molecule has 0 unspecified atom stereocenters. The lowest BCUT2D eigenvalue weighted by molar-refractivity contribution is 0.0691. The molecule has 0 aliphatic carbocycles. The number of benzene rings is 1. The molecule has 92 valence electrons. The summed E-state index contributed by atoms with van der Waals surface area (Å²) in [5, 5.41) is 8.93. The van der Waals surface area contributed by atoms with Crippen LogP contribution in [0.2, 0.25) is 0 Å². The van der Waals surface area contributed by atoms with Crippen molar-refractivity contribution in [3.63, 3.8) is 0 Å². The standard InChI is InChI=1S/C12H9FN2O3/c13-7-1-2-10-8(5-7)11-14-9(12(16)17)6-15(11)3-4-18-10/h1-2,5-6H,3-4H2,(H,16,17). The van der Waals surface area contributed by atoms with Crippen molar-refractivity contribution in [3.8, 4) is 17.1 Å². The lowest BCUT2D eigenvalue weighted by Crippen LogP contribution is -2.04. The van der Waals surface area contributed by atoms with Crippen molar-refractivity contribution in [1.82, 2.24) is 9.55 Å². The van der Waals surface area contributed by atoms with Crippen LogP contribution in [-0.2, 0) is 6.54 Å². The number of nitrogens with zero attached hydrogens (tertiary/aromatic N) is 2. The third kappa shape index (κ3) is 1.62. The summed E-state index contributed by atoms with van der Waals surface area (Å²) in [4.78, 5) is 14.9. The van der Waals surface area contributed by atoms with E-state index in [9.17, 15) is 9.18 Å². The fourth-order valence-electron chi connectivity index (χ4n) is 1.96. The zero-order chi connectivity index (χ0) is 12.7. The molecule has 0 saturated carbocycles. The summed E-state index contributed by atoms with van der Waals surface area (Å²) in [6.07, 6.45) is 1.43. The van der Waals surface area contributed by atoms with Gasteiger partial charge in [0, 0.05) is 6.20 Å². The van der Waals surface area contributed by atoms with Crippen molar-refractivity contribution >= 4 is 5.97 Å². The van der Waals surface area contributed by atoms with Gasteiger partial charge in [-0.2, -0.15) is 0 Å². The maximum atomic E-state index is 13.3. The maximum absolute atomic E-state index is 13.3. The minimum Gasteiger partial charge on any atom is -0.491 e. The first-order valence-electron chi connectivity index (χ1n) is 5.38. The molecular formula is C12H9FN2O3. The van der Waals surface area contributed by atoms with E-state index in [1.807, 2.05) is 0 Å². The Bertz CT molecular complexity index is 636. The highest BCUT2D eigenvalue weighted by Gasteiger charge is 2.20. The van der Waals surface area contributed by atoms with Crippen molar-refractivity contribution in [2.24, 2.45) is 0 Å². The van der Waals surface area contributed by atoms with E-state index in [-0.39, 0.29) is 5.69 Å². The predicted octanol–water partition coefficient (Wildman–Crippen LogP) is 1.78. The fraction of sp³-hybridized carbons (Fsp3) is 0.167. The second-order valence-electron chi connectivity index (χ2n) is 3.94. The molecule has 1 aliphatic heterocycles. The molecule has 0 atom stereocenters. The number of halogens is 1. The topological polar surface area (TPSA) is 64.3 Å². The first-order valence-corrected chi connectivity index (χ1v) is 5.38. The average molecular weight is 248 g/mol. The molecule has 0 fully saturated rings. The second-order valence-corrected chi connectivity index (χ2v) is 3.94. The van der Waals surface area contributed by atoms with E-state index >= 15 is 0 Å². The zero-order valence-corrected chi connectivity index (χ0v) is 9.26. The number of aromatic nitrogens is 2. The summed E-state index contributed by atoms with van der Waals surface area (Å²) in [6, 6.07) is 4.12. The molecule has 18 heavy (non-hydrogen) atoms. The van der Waals surface area contributed by atoms with Crippen LogP contribution in [0.15, 0.2) is 24.4 Å². The van der Waals surface area contributed by atoms with E-state index in [4.69, 9.17) is 9.84 Å². The molecule has 0 radical (unpaired) electrons. The summed E-state index contributed by atoms with van der Waals surface area (Å²) in [7, 11) is 0. The van der Waals surface area contributed by atoms with Gasteiger partial charge in [-0.25, -0.2) is 14.2 Å². The van der Waals surface area contributed by atoms with Gasteiger partial charge in [0.15, 0.2) is 5.69 Å². The summed E-state index contributed by atoms with van der Waals surface area (Å²) in [5.41, 5.74) is 0.419. The lowest BCUT2D eigenvalue weighted by atomic mass is 10.2. The quantitative estimate of drug-likeness (QED) is 0.835. The summed E-state index contributed by atoms with van der Waals surface area (Å²) in [6.45, 7) is 0.868. The average Bonchev–Trinajstić information content (AvgIpc) is 2.68. The van der Waals surface area contributed by atoms with Crippen molar-refractivity contribution in [2.45, 2.75) is 6.54 Å². The van der Waals surface area contributed by atoms with Crippen LogP contribution in [0.1, 0.15) is 10.5 Å². The Hall–Kier alpha value is -2.37. The number of imidazole rings is 1. The molecule has 0 spiro atoms. The van der Waals surface area contributed by atoms with Gasteiger partial charge in [0.2, 0.25) is 0 Å². The number of hydrogen-bond acceptors (Lipinski definition) is 3. The van der Waals surface area contributed by atoms with Crippen LogP contribution < -0.4 is 4.74 Å².